The van der Waals surface area contributed by atoms with Crippen molar-refractivity contribution in [3.63, 3.8) is 0 Å². The van der Waals surface area contributed by atoms with Crippen LogP contribution < -0.4 is 5.73 Å². The molecule has 19 heavy (non-hydrogen) atoms. The van der Waals surface area contributed by atoms with Gasteiger partial charge >= 0.3 is 0 Å². The Kier molecular flexibility index (Phi) is 3.57. The molecule has 2 saturated carbocycles. The Hall–Kier alpha value is -0.600. The van der Waals surface area contributed by atoms with E-state index in [4.69, 9.17) is 17.3 Å². The zero-order valence-electron chi connectivity index (χ0n) is 11.2. The Morgan fingerprint density at radius 3 is 2.79 bits per heavy atom. The van der Waals surface area contributed by atoms with E-state index in [9.17, 15) is 4.39 Å². The second-order valence-electron chi connectivity index (χ2n) is 6.47. The quantitative estimate of drug-likeness (QED) is 0.877. The zero-order chi connectivity index (χ0) is 13.5. The van der Waals surface area contributed by atoms with Gasteiger partial charge in [0.25, 0.3) is 0 Å². The van der Waals surface area contributed by atoms with Crippen molar-refractivity contribution in [2.75, 3.05) is 0 Å². The molecule has 3 heteroatoms. The first-order chi connectivity index (χ1) is 9.06. The Bertz CT molecular complexity index is 472. The van der Waals surface area contributed by atoms with Gasteiger partial charge in [-0.2, -0.15) is 0 Å². The van der Waals surface area contributed by atoms with Gasteiger partial charge in [-0.1, -0.05) is 24.4 Å². The minimum atomic E-state index is -0.239. The highest BCUT2D eigenvalue weighted by molar-refractivity contribution is 6.30. The highest BCUT2D eigenvalue weighted by atomic mass is 35.5. The van der Waals surface area contributed by atoms with Gasteiger partial charge in [0.15, 0.2) is 0 Å². The standard InChI is InChI=1S/C16H21ClFN/c17-14-5-6-15(18)13(8-14)10-16(19)7-1-2-12(9-16)11-3-4-11/h5-6,8,11-12H,1-4,7,9-10,19H2. The summed E-state index contributed by atoms with van der Waals surface area (Å²) in [5.41, 5.74) is 6.99. The first-order valence-corrected chi connectivity index (χ1v) is 7.66. The highest BCUT2D eigenvalue weighted by Crippen LogP contribution is 2.46. The van der Waals surface area contributed by atoms with Crippen molar-refractivity contribution >= 4 is 11.6 Å². The average Bonchev–Trinajstić information content (AvgIpc) is 3.18. The molecule has 1 aromatic carbocycles. The molecule has 2 fully saturated rings. The van der Waals surface area contributed by atoms with Crippen LogP contribution in [0.25, 0.3) is 0 Å². The molecule has 1 aromatic rings. The van der Waals surface area contributed by atoms with Crippen LogP contribution in [0.2, 0.25) is 5.02 Å². The lowest BCUT2D eigenvalue weighted by molar-refractivity contribution is 0.203. The fraction of sp³-hybridized carbons (Fsp3) is 0.625. The molecule has 0 aliphatic heterocycles. The van der Waals surface area contributed by atoms with Gasteiger partial charge in [0.1, 0.15) is 5.82 Å². The summed E-state index contributed by atoms with van der Waals surface area (Å²) < 4.78 is 13.8. The normalized spacial score (nSPS) is 31.4. The predicted molar refractivity (Wildman–Crippen MR) is 76.7 cm³/mol. The van der Waals surface area contributed by atoms with E-state index in [1.54, 1.807) is 12.1 Å². The van der Waals surface area contributed by atoms with E-state index in [1.807, 2.05) is 0 Å². The summed E-state index contributed by atoms with van der Waals surface area (Å²) in [6.45, 7) is 0. The Morgan fingerprint density at radius 2 is 2.05 bits per heavy atom. The smallest absolute Gasteiger partial charge is 0.126 e. The third-order valence-electron chi connectivity index (χ3n) is 4.76. The van der Waals surface area contributed by atoms with Crippen LogP contribution in [-0.2, 0) is 6.42 Å². The van der Waals surface area contributed by atoms with E-state index >= 15 is 0 Å². The second-order valence-corrected chi connectivity index (χ2v) is 6.91. The number of hydrogen-bond donors (Lipinski definition) is 1. The summed E-state index contributed by atoms with van der Waals surface area (Å²) in [5, 5.41) is 0.592. The van der Waals surface area contributed by atoms with Crippen molar-refractivity contribution in [2.45, 2.75) is 50.5 Å². The van der Waals surface area contributed by atoms with E-state index < -0.39 is 0 Å². The topological polar surface area (TPSA) is 26.0 Å². The van der Waals surface area contributed by atoms with Gasteiger partial charge in [0, 0.05) is 10.6 Å². The molecule has 2 aliphatic rings. The molecule has 0 saturated heterocycles. The van der Waals surface area contributed by atoms with Crippen LogP contribution in [0.4, 0.5) is 4.39 Å². The molecule has 2 N–H and O–H groups in total. The lowest BCUT2D eigenvalue weighted by Gasteiger charge is -2.38. The molecule has 1 nitrogen and oxygen atoms in total. The summed E-state index contributed by atoms with van der Waals surface area (Å²) in [7, 11) is 0. The maximum Gasteiger partial charge on any atom is 0.126 e. The van der Waals surface area contributed by atoms with E-state index in [-0.39, 0.29) is 11.4 Å². The van der Waals surface area contributed by atoms with Crippen LogP contribution in [0.5, 0.6) is 0 Å². The van der Waals surface area contributed by atoms with Crippen LogP contribution in [0, 0.1) is 17.7 Å². The van der Waals surface area contributed by atoms with Gasteiger partial charge in [-0.05, 0) is 67.7 Å². The zero-order valence-corrected chi connectivity index (χ0v) is 11.9. The van der Waals surface area contributed by atoms with Crippen LogP contribution in [0.1, 0.15) is 44.1 Å². The van der Waals surface area contributed by atoms with Crippen molar-refractivity contribution < 1.29 is 4.39 Å². The minimum Gasteiger partial charge on any atom is -0.325 e. The SMILES string of the molecule is NC1(Cc2cc(Cl)ccc2F)CCCC(C2CC2)C1. The first kappa shape index (κ1) is 13.4. The van der Waals surface area contributed by atoms with Crippen LogP contribution in [0.3, 0.4) is 0 Å². The van der Waals surface area contributed by atoms with E-state index in [1.165, 1.54) is 31.7 Å². The van der Waals surface area contributed by atoms with Crippen molar-refractivity contribution in [2.24, 2.45) is 17.6 Å². The molecule has 2 aliphatic carbocycles. The van der Waals surface area contributed by atoms with Crippen LogP contribution in [-0.4, -0.2) is 5.54 Å². The van der Waals surface area contributed by atoms with Crippen molar-refractivity contribution in [1.29, 1.82) is 0 Å². The highest BCUT2D eigenvalue weighted by Gasteiger charge is 2.40. The summed E-state index contributed by atoms with van der Waals surface area (Å²) >= 11 is 5.96. The molecular weight excluding hydrogens is 261 g/mol. The Morgan fingerprint density at radius 1 is 1.26 bits per heavy atom. The van der Waals surface area contributed by atoms with Gasteiger partial charge in [-0.3, -0.25) is 0 Å². The molecule has 0 heterocycles. The molecule has 0 aromatic heterocycles. The van der Waals surface area contributed by atoms with E-state index in [2.05, 4.69) is 0 Å². The molecule has 0 spiro atoms. The Balaban J connectivity index is 1.74. The largest absolute Gasteiger partial charge is 0.325 e. The van der Waals surface area contributed by atoms with E-state index in [0.717, 1.165) is 24.7 Å². The molecule has 0 amide bonds. The van der Waals surface area contributed by atoms with Gasteiger partial charge < -0.3 is 5.73 Å². The number of benzene rings is 1. The number of halogens is 2. The fourth-order valence-electron chi connectivity index (χ4n) is 3.63. The van der Waals surface area contributed by atoms with E-state index in [0.29, 0.717) is 17.0 Å². The molecule has 3 rings (SSSR count). The summed E-state index contributed by atoms with van der Waals surface area (Å²) in [6.07, 6.45) is 7.88. The lowest BCUT2D eigenvalue weighted by Crippen LogP contribution is -2.46. The van der Waals surface area contributed by atoms with Gasteiger partial charge in [-0.15, -0.1) is 0 Å². The maximum absolute atomic E-state index is 13.8. The molecule has 2 unspecified atom stereocenters. The van der Waals surface area contributed by atoms with Crippen molar-refractivity contribution in [1.82, 2.24) is 0 Å². The molecule has 0 radical (unpaired) electrons. The average molecular weight is 282 g/mol. The number of rotatable bonds is 3. The third kappa shape index (κ3) is 3.11. The first-order valence-electron chi connectivity index (χ1n) is 7.29. The monoisotopic (exact) mass is 281 g/mol. The molecule has 104 valence electrons. The number of nitrogens with two attached hydrogens (primary N) is 1. The Labute approximate surface area is 119 Å². The van der Waals surface area contributed by atoms with Gasteiger partial charge in [-0.25, -0.2) is 4.39 Å². The molecule has 2 atom stereocenters. The van der Waals surface area contributed by atoms with Gasteiger partial charge in [0.2, 0.25) is 0 Å². The molecule has 0 bridgehead atoms. The predicted octanol–water partition coefficient (Wildman–Crippen LogP) is 4.32. The third-order valence-corrected chi connectivity index (χ3v) is 4.99. The van der Waals surface area contributed by atoms with Crippen LogP contribution in [0.15, 0.2) is 18.2 Å². The maximum atomic E-state index is 13.8. The van der Waals surface area contributed by atoms with Crippen molar-refractivity contribution in [3.05, 3.63) is 34.6 Å². The fourth-order valence-corrected chi connectivity index (χ4v) is 3.83. The van der Waals surface area contributed by atoms with Crippen LogP contribution >= 0.6 is 11.6 Å². The summed E-state index contributed by atoms with van der Waals surface area (Å²) in [5.74, 6) is 1.48. The minimum absolute atomic E-state index is 0.178. The summed E-state index contributed by atoms with van der Waals surface area (Å²) in [6, 6.07) is 4.77. The lowest BCUT2D eigenvalue weighted by atomic mass is 9.72. The number of hydrogen-bond acceptors (Lipinski definition) is 1. The molecular formula is C16H21ClFN. The summed E-state index contributed by atoms with van der Waals surface area (Å²) in [4.78, 5) is 0. The van der Waals surface area contributed by atoms with Gasteiger partial charge in [0.05, 0.1) is 0 Å². The second kappa shape index (κ2) is 5.06. The van der Waals surface area contributed by atoms with Crippen molar-refractivity contribution in [3.8, 4) is 0 Å².